The molecule has 2 atom stereocenters. The minimum Gasteiger partial charge on any atom is -0.496 e. The van der Waals surface area contributed by atoms with Crippen molar-refractivity contribution in [1.29, 1.82) is 0 Å². The Morgan fingerprint density at radius 1 is 1.14 bits per heavy atom. The van der Waals surface area contributed by atoms with E-state index in [-0.39, 0.29) is 18.3 Å². The number of rotatable bonds is 3. The summed E-state index contributed by atoms with van der Waals surface area (Å²) in [5.74, 6) is 1.37. The van der Waals surface area contributed by atoms with Gasteiger partial charge >= 0.3 is 0 Å². The SMILES string of the molecule is COc1cc(C(=O)N2CC(C)NC(C)C2)cc(OC)c1C.Cl. The highest BCUT2D eigenvalue weighted by atomic mass is 35.5. The van der Waals surface area contributed by atoms with Crippen LogP contribution in [0.25, 0.3) is 0 Å². The molecule has 1 fully saturated rings. The van der Waals surface area contributed by atoms with Crippen molar-refractivity contribution in [2.24, 2.45) is 0 Å². The van der Waals surface area contributed by atoms with Crippen molar-refractivity contribution < 1.29 is 14.3 Å². The van der Waals surface area contributed by atoms with E-state index in [9.17, 15) is 4.79 Å². The molecule has 0 radical (unpaired) electrons. The van der Waals surface area contributed by atoms with E-state index in [1.54, 1.807) is 26.4 Å². The fraction of sp³-hybridized carbons (Fsp3) is 0.562. The summed E-state index contributed by atoms with van der Waals surface area (Å²) in [7, 11) is 3.20. The summed E-state index contributed by atoms with van der Waals surface area (Å²) in [6.07, 6.45) is 0. The highest BCUT2D eigenvalue weighted by molar-refractivity contribution is 5.95. The first kappa shape index (κ1) is 18.6. The second-order valence-corrected chi connectivity index (χ2v) is 5.68. The quantitative estimate of drug-likeness (QED) is 0.924. The van der Waals surface area contributed by atoms with Gasteiger partial charge in [0, 0.05) is 36.3 Å². The van der Waals surface area contributed by atoms with E-state index in [1.807, 2.05) is 11.8 Å². The molecule has 1 aromatic rings. The first-order chi connectivity index (χ1) is 9.96. The van der Waals surface area contributed by atoms with E-state index in [4.69, 9.17) is 9.47 Å². The summed E-state index contributed by atoms with van der Waals surface area (Å²) in [4.78, 5) is 14.6. The minimum absolute atomic E-state index is 0. The number of hydrogen-bond acceptors (Lipinski definition) is 4. The van der Waals surface area contributed by atoms with Gasteiger partial charge in [-0.25, -0.2) is 0 Å². The van der Waals surface area contributed by atoms with Crippen molar-refractivity contribution in [3.63, 3.8) is 0 Å². The number of methoxy groups -OCH3 is 2. The van der Waals surface area contributed by atoms with Gasteiger partial charge in [0.25, 0.3) is 5.91 Å². The van der Waals surface area contributed by atoms with Gasteiger partial charge in [0.05, 0.1) is 14.2 Å². The molecule has 1 heterocycles. The van der Waals surface area contributed by atoms with Crippen LogP contribution in [0.1, 0.15) is 29.8 Å². The Bertz CT molecular complexity index is 501. The molecular formula is C16H25ClN2O3. The van der Waals surface area contributed by atoms with Crippen LogP contribution in [0.2, 0.25) is 0 Å². The van der Waals surface area contributed by atoms with Crippen molar-refractivity contribution in [1.82, 2.24) is 10.2 Å². The number of carbonyl (C=O) groups excluding carboxylic acids is 1. The Morgan fingerprint density at radius 2 is 1.59 bits per heavy atom. The van der Waals surface area contributed by atoms with Gasteiger partial charge in [-0.1, -0.05) is 0 Å². The van der Waals surface area contributed by atoms with Crippen LogP contribution < -0.4 is 14.8 Å². The lowest BCUT2D eigenvalue weighted by atomic mass is 10.1. The Hall–Kier alpha value is -1.46. The van der Waals surface area contributed by atoms with Crippen LogP contribution >= 0.6 is 12.4 Å². The lowest BCUT2D eigenvalue weighted by Crippen LogP contribution is -2.55. The van der Waals surface area contributed by atoms with Crippen LogP contribution in [0, 0.1) is 6.92 Å². The first-order valence-corrected chi connectivity index (χ1v) is 7.24. The molecule has 1 N–H and O–H groups in total. The third-order valence-corrected chi connectivity index (χ3v) is 3.84. The van der Waals surface area contributed by atoms with E-state index in [0.29, 0.717) is 42.2 Å². The summed E-state index contributed by atoms with van der Waals surface area (Å²) in [5.41, 5.74) is 1.51. The molecule has 22 heavy (non-hydrogen) atoms. The molecule has 1 aromatic carbocycles. The van der Waals surface area contributed by atoms with Crippen LogP contribution in [0.5, 0.6) is 11.5 Å². The van der Waals surface area contributed by atoms with Crippen LogP contribution in [-0.2, 0) is 0 Å². The molecule has 1 aliphatic heterocycles. The lowest BCUT2D eigenvalue weighted by Gasteiger charge is -2.36. The monoisotopic (exact) mass is 328 g/mol. The first-order valence-electron chi connectivity index (χ1n) is 7.24. The van der Waals surface area contributed by atoms with Crippen molar-refractivity contribution in [3.8, 4) is 11.5 Å². The number of nitrogens with zero attached hydrogens (tertiary/aromatic N) is 1. The van der Waals surface area contributed by atoms with Crippen molar-refractivity contribution in [2.75, 3.05) is 27.3 Å². The number of amides is 1. The van der Waals surface area contributed by atoms with E-state index >= 15 is 0 Å². The molecular weight excluding hydrogens is 304 g/mol. The maximum Gasteiger partial charge on any atom is 0.254 e. The fourth-order valence-corrected chi connectivity index (χ4v) is 2.88. The molecule has 2 rings (SSSR count). The normalized spacial score (nSPS) is 21.0. The molecule has 0 aromatic heterocycles. The average molecular weight is 329 g/mol. The topological polar surface area (TPSA) is 50.8 Å². The van der Waals surface area contributed by atoms with Crippen molar-refractivity contribution in [2.45, 2.75) is 32.9 Å². The highest BCUT2D eigenvalue weighted by Gasteiger charge is 2.26. The molecule has 124 valence electrons. The summed E-state index contributed by atoms with van der Waals surface area (Å²) in [6.45, 7) is 7.52. The smallest absolute Gasteiger partial charge is 0.254 e. The van der Waals surface area contributed by atoms with Gasteiger partial charge < -0.3 is 19.7 Å². The number of hydrogen-bond donors (Lipinski definition) is 1. The van der Waals surface area contributed by atoms with Gasteiger partial charge in [0.15, 0.2) is 0 Å². The standard InChI is InChI=1S/C16H24N2O3.ClH/c1-10-8-18(9-11(2)17-10)16(19)13-6-14(20-4)12(3)15(7-13)21-5;/h6-7,10-11,17H,8-9H2,1-5H3;1H. The third kappa shape index (κ3) is 3.84. The van der Waals surface area contributed by atoms with E-state index < -0.39 is 0 Å². The number of carbonyl (C=O) groups is 1. The van der Waals surface area contributed by atoms with Crippen LogP contribution in [0.15, 0.2) is 12.1 Å². The largest absolute Gasteiger partial charge is 0.496 e. The zero-order valence-corrected chi connectivity index (χ0v) is 14.6. The molecule has 2 unspecified atom stereocenters. The Balaban J connectivity index is 0.00000242. The molecule has 0 saturated carbocycles. The molecule has 0 aliphatic carbocycles. The van der Waals surface area contributed by atoms with Crippen LogP contribution in [0.3, 0.4) is 0 Å². The van der Waals surface area contributed by atoms with Gasteiger partial charge in [0.1, 0.15) is 11.5 Å². The van der Waals surface area contributed by atoms with E-state index in [0.717, 1.165) is 5.56 Å². The summed E-state index contributed by atoms with van der Waals surface area (Å²) >= 11 is 0. The molecule has 5 nitrogen and oxygen atoms in total. The van der Waals surface area contributed by atoms with Gasteiger partial charge in [-0.05, 0) is 32.9 Å². The Morgan fingerprint density at radius 3 is 2.00 bits per heavy atom. The fourth-order valence-electron chi connectivity index (χ4n) is 2.88. The zero-order valence-electron chi connectivity index (χ0n) is 13.8. The number of benzene rings is 1. The summed E-state index contributed by atoms with van der Waals surface area (Å²) in [5, 5.41) is 3.43. The number of piperazine rings is 1. The number of nitrogens with one attached hydrogen (secondary N) is 1. The average Bonchev–Trinajstić information content (AvgIpc) is 2.45. The van der Waals surface area contributed by atoms with E-state index in [1.165, 1.54) is 0 Å². The Kier molecular flexibility index (Phi) is 6.50. The minimum atomic E-state index is 0. The van der Waals surface area contributed by atoms with E-state index in [2.05, 4.69) is 19.2 Å². The van der Waals surface area contributed by atoms with Gasteiger partial charge in [-0.15, -0.1) is 12.4 Å². The predicted octanol–water partition coefficient (Wildman–Crippen LogP) is 2.26. The highest BCUT2D eigenvalue weighted by Crippen LogP contribution is 2.30. The molecule has 6 heteroatoms. The molecule has 1 amide bonds. The van der Waals surface area contributed by atoms with Gasteiger partial charge in [-0.3, -0.25) is 4.79 Å². The molecule has 1 saturated heterocycles. The summed E-state index contributed by atoms with van der Waals surface area (Å²) in [6, 6.07) is 4.17. The molecule has 0 spiro atoms. The second kappa shape index (κ2) is 7.70. The third-order valence-electron chi connectivity index (χ3n) is 3.84. The number of ether oxygens (including phenoxy) is 2. The van der Waals surface area contributed by atoms with Crippen LogP contribution in [-0.4, -0.2) is 50.2 Å². The molecule has 1 aliphatic rings. The van der Waals surface area contributed by atoms with Crippen molar-refractivity contribution in [3.05, 3.63) is 23.3 Å². The summed E-state index contributed by atoms with van der Waals surface area (Å²) < 4.78 is 10.7. The van der Waals surface area contributed by atoms with Gasteiger partial charge in [0.2, 0.25) is 0 Å². The van der Waals surface area contributed by atoms with Crippen LogP contribution in [0.4, 0.5) is 0 Å². The Labute approximate surface area is 138 Å². The zero-order chi connectivity index (χ0) is 15.6. The van der Waals surface area contributed by atoms with Gasteiger partial charge in [-0.2, -0.15) is 0 Å². The maximum absolute atomic E-state index is 12.7. The lowest BCUT2D eigenvalue weighted by molar-refractivity contribution is 0.0673. The maximum atomic E-state index is 12.7. The van der Waals surface area contributed by atoms with Crippen molar-refractivity contribution >= 4 is 18.3 Å². The molecule has 0 bridgehead atoms. The number of halogens is 1. The second-order valence-electron chi connectivity index (χ2n) is 5.68. The predicted molar refractivity (Wildman–Crippen MR) is 89.5 cm³/mol.